The van der Waals surface area contributed by atoms with Crippen molar-refractivity contribution in [2.45, 2.75) is 33.7 Å². The van der Waals surface area contributed by atoms with E-state index in [2.05, 4.69) is 33.0 Å². The quantitative estimate of drug-likeness (QED) is 0.716. The summed E-state index contributed by atoms with van der Waals surface area (Å²) in [5, 5.41) is 3.21. The van der Waals surface area contributed by atoms with Crippen LogP contribution in [0.15, 0.2) is 0 Å². The third kappa shape index (κ3) is 4.88. The van der Waals surface area contributed by atoms with E-state index in [9.17, 15) is 4.79 Å². The molecule has 0 aliphatic carbocycles. The number of likely N-dealkylation sites (N-methyl/N-ethyl adjacent to an activating group) is 1. The number of carbonyl (C=O) groups excluding carboxylic acids is 1. The van der Waals surface area contributed by atoms with E-state index < -0.39 is 0 Å². The molecular formula is C10H22N2O. The molecule has 0 aromatic heterocycles. The molecule has 0 aromatic rings. The molecule has 1 N–H and O–H groups in total. The van der Waals surface area contributed by atoms with Crippen molar-refractivity contribution >= 4 is 5.91 Å². The molecule has 3 heteroatoms. The Kier molecular flexibility index (Phi) is 4.40. The first-order valence-corrected chi connectivity index (χ1v) is 4.68. The van der Waals surface area contributed by atoms with Gasteiger partial charge in [0.2, 0.25) is 5.91 Å². The minimum absolute atomic E-state index is 0.121. The molecular weight excluding hydrogens is 164 g/mol. The lowest BCUT2D eigenvalue weighted by atomic mass is 9.88. The maximum atomic E-state index is 11.2. The molecule has 3 nitrogen and oxygen atoms in total. The van der Waals surface area contributed by atoms with E-state index in [1.54, 1.807) is 19.0 Å². The Bertz CT molecular complexity index is 170. The molecule has 0 bridgehead atoms. The van der Waals surface area contributed by atoms with Gasteiger partial charge in [0.1, 0.15) is 0 Å². The molecule has 0 aliphatic rings. The summed E-state index contributed by atoms with van der Waals surface area (Å²) < 4.78 is 0. The van der Waals surface area contributed by atoms with E-state index in [4.69, 9.17) is 0 Å². The summed E-state index contributed by atoms with van der Waals surface area (Å²) in [6.45, 7) is 8.99. The molecule has 1 amide bonds. The summed E-state index contributed by atoms with van der Waals surface area (Å²) >= 11 is 0. The zero-order chi connectivity index (χ0) is 10.6. The fourth-order valence-corrected chi connectivity index (χ4v) is 0.705. The van der Waals surface area contributed by atoms with Crippen molar-refractivity contribution in [1.29, 1.82) is 0 Å². The van der Waals surface area contributed by atoms with Crippen LogP contribution in [-0.4, -0.2) is 37.5 Å². The molecule has 0 fully saturated rings. The van der Waals surface area contributed by atoms with Crippen LogP contribution >= 0.6 is 0 Å². The topological polar surface area (TPSA) is 32.3 Å². The first-order valence-electron chi connectivity index (χ1n) is 4.68. The van der Waals surface area contributed by atoms with Gasteiger partial charge in [-0.25, -0.2) is 0 Å². The second-order valence-electron chi connectivity index (χ2n) is 4.76. The average molecular weight is 186 g/mol. The minimum Gasteiger partial charge on any atom is -0.348 e. The third-order valence-corrected chi connectivity index (χ3v) is 2.36. The van der Waals surface area contributed by atoms with Gasteiger partial charge in [0.25, 0.3) is 0 Å². The van der Waals surface area contributed by atoms with Crippen molar-refractivity contribution in [1.82, 2.24) is 10.2 Å². The van der Waals surface area contributed by atoms with Gasteiger partial charge in [-0.05, 0) is 12.3 Å². The number of nitrogens with one attached hydrogen (secondary N) is 1. The van der Waals surface area contributed by atoms with E-state index in [0.29, 0.717) is 12.6 Å². The molecule has 0 aliphatic heterocycles. The van der Waals surface area contributed by atoms with Crippen molar-refractivity contribution in [3.8, 4) is 0 Å². The highest BCUT2D eigenvalue weighted by Gasteiger charge is 2.20. The second kappa shape index (κ2) is 4.61. The Balaban J connectivity index is 3.84. The lowest BCUT2D eigenvalue weighted by Gasteiger charge is -2.28. The van der Waals surface area contributed by atoms with Crippen LogP contribution in [0.4, 0.5) is 0 Å². The molecule has 78 valence electrons. The van der Waals surface area contributed by atoms with Gasteiger partial charge < -0.3 is 10.2 Å². The molecule has 0 rings (SSSR count). The molecule has 0 heterocycles. The van der Waals surface area contributed by atoms with E-state index in [0.717, 1.165) is 0 Å². The maximum Gasteiger partial charge on any atom is 0.236 e. The van der Waals surface area contributed by atoms with Gasteiger partial charge in [-0.15, -0.1) is 0 Å². The summed E-state index contributed by atoms with van der Waals surface area (Å²) in [7, 11) is 3.54. The normalized spacial score (nSPS) is 14.0. The average Bonchev–Trinajstić information content (AvgIpc) is 1.97. The predicted octanol–water partition coefficient (Wildman–Crippen LogP) is 1.10. The molecule has 0 saturated heterocycles. The van der Waals surface area contributed by atoms with Gasteiger partial charge in [0.15, 0.2) is 0 Å². The predicted molar refractivity (Wildman–Crippen MR) is 55.6 cm³/mol. The monoisotopic (exact) mass is 186 g/mol. The van der Waals surface area contributed by atoms with E-state index in [1.807, 2.05) is 0 Å². The van der Waals surface area contributed by atoms with Crippen LogP contribution in [0.3, 0.4) is 0 Å². The highest BCUT2D eigenvalue weighted by Crippen LogP contribution is 2.17. The largest absolute Gasteiger partial charge is 0.348 e. The highest BCUT2D eigenvalue weighted by atomic mass is 16.2. The molecule has 1 atom stereocenters. The minimum atomic E-state index is 0.121. The Labute approximate surface area is 81.5 Å². The Hall–Kier alpha value is -0.570. The van der Waals surface area contributed by atoms with Gasteiger partial charge in [-0.3, -0.25) is 4.79 Å². The first-order chi connectivity index (χ1) is 5.75. The molecule has 13 heavy (non-hydrogen) atoms. The van der Waals surface area contributed by atoms with Gasteiger partial charge in [0.05, 0.1) is 6.54 Å². The highest BCUT2D eigenvalue weighted by molar-refractivity contribution is 5.77. The van der Waals surface area contributed by atoms with Crippen molar-refractivity contribution in [2.24, 2.45) is 5.41 Å². The lowest BCUT2D eigenvalue weighted by molar-refractivity contribution is -0.127. The number of rotatable bonds is 3. The third-order valence-electron chi connectivity index (χ3n) is 2.36. The summed E-state index contributed by atoms with van der Waals surface area (Å²) in [4.78, 5) is 12.8. The SMILES string of the molecule is CC(NCC(=O)N(C)C)C(C)(C)C. The van der Waals surface area contributed by atoms with Crippen LogP contribution in [-0.2, 0) is 4.79 Å². The first kappa shape index (κ1) is 12.4. The molecule has 0 saturated carbocycles. The Morgan fingerprint density at radius 2 is 1.85 bits per heavy atom. The van der Waals surface area contributed by atoms with Crippen molar-refractivity contribution in [3.05, 3.63) is 0 Å². The lowest BCUT2D eigenvalue weighted by Crippen LogP contribution is -2.43. The van der Waals surface area contributed by atoms with Crippen molar-refractivity contribution in [2.75, 3.05) is 20.6 Å². The zero-order valence-corrected chi connectivity index (χ0v) is 9.64. The van der Waals surface area contributed by atoms with Crippen LogP contribution in [0, 0.1) is 5.41 Å². The van der Waals surface area contributed by atoms with Gasteiger partial charge in [-0.1, -0.05) is 20.8 Å². The van der Waals surface area contributed by atoms with E-state index in [-0.39, 0.29) is 11.3 Å². The summed E-state index contributed by atoms with van der Waals surface area (Å²) in [6.07, 6.45) is 0. The number of amides is 1. The Morgan fingerprint density at radius 3 is 2.15 bits per heavy atom. The fourth-order valence-electron chi connectivity index (χ4n) is 0.705. The zero-order valence-electron chi connectivity index (χ0n) is 9.64. The Morgan fingerprint density at radius 1 is 1.38 bits per heavy atom. The van der Waals surface area contributed by atoms with Crippen LogP contribution in [0.1, 0.15) is 27.7 Å². The van der Waals surface area contributed by atoms with Crippen LogP contribution in [0.2, 0.25) is 0 Å². The van der Waals surface area contributed by atoms with E-state index in [1.165, 1.54) is 0 Å². The number of hydrogen-bond donors (Lipinski definition) is 1. The fraction of sp³-hybridized carbons (Fsp3) is 0.900. The standard InChI is InChI=1S/C10H22N2O/c1-8(10(2,3)4)11-7-9(13)12(5)6/h8,11H,7H2,1-6H3. The van der Waals surface area contributed by atoms with Crippen LogP contribution < -0.4 is 5.32 Å². The van der Waals surface area contributed by atoms with Gasteiger partial charge in [0, 0.05) is 20.1 Å². The smallest absolute Gasteiger partial charge is 0.236 e. The van der Waals surface area contributed by atoms with Crippen molar-refractivity contribution in [3.63, 3.8) is 0 Å². The molecule has 0 radical (unpaired) electrons. The van der Waals surface area contributed by atoms with Crippen LogP contribution in [0.25, 0.3) is 0 Å². The summed E-state index contributed by atoms with van der Waals surface area (Å²) in [5.41, 5.74) is 0.201. The molecule has 1 unspecified atom stereocenters. The van der Waals surface area contributed by atoms with Gasteiger partial charge in [-0.2, -0.15) is 0 Å². The molecule has 0 aromatic carbocycles. The second-order valence-corrected chi connectivity index (χ2v) is 4.76. The van der Waals surface area contributed by atoms with E-state index >= 15 is 0 Å². The number of carbonyl (C=O) groups is 1. The molecule has 0 spiro atoms. The number of hydrogen-bond acceptors (Lipinski definition) is 2. The van der Waals surface area contributed by atoms with Crippen LogP contribution in [0.5, 0.6) is 0 Å². The maximum absolute atomic E-state index is 11.2. The summed E-state index contributed by atoms with van der Waals surface area (Å²) in [5.74, 6) is 0.121. The van der Waals surface area contributed by atoms with Crippen molar-refractivity contribution < 1.29 is 4.79 Å². The number of nitrogens with zero attached hydrogens (tertiary/aromatic N) is 1. The summed E-state index contributed by atoms with van der Waals surface area (Å²) in [6, 6.07) is 0.344. The van der Waals surface area contributed by atoms with Gasteiger partial charge >= 0.3 is 0 Å².